The lowest BCUT2D eigenvalue weighted by atomic mass is 9.83. The van der Waals surface area contributed by atoms with Crippen LogP contribution >= 0.6 is 0 Å². The Kier molecular flexibility index (Phi) is 5.57. The van der Waals surface area contributed by atoms with Gasteiger partial charge in [-0.05, 0) is 29.9 Å². The molecule has 0 heterocycles. The molecule has 0 aromatic heterocycles. The Morgan fingerprint density at radius 1 is 1.30 bits per heavy atom. The quantitative estimate of drug-likeness (QED) is 0.772. The monoisotopic (exact) mass is 279 g/mol. The maximum atomic E-state index is 11.5. The Morgan fingerprint density at radius 2 is 1.95 bits per heavy atom. The summed E-state index contributed by atoms with van der Waals surface area (Å²) in [5.74, 6) is 0.176. The van der Waals surface area contributed by atoms with E-state index in [0.29, 0.717) is 12.8 Å². The average molecular weight is 279 g/mol. The number of phenols is 1. The fourth-order valence-electron chi connectivity index (χ4n) is 2.15. The summed E-state index contributed by atoms with van der Waals surface area (Å²) >= 11 is 0. The van der Waals surface area contributed by atoms with E-state index in [4.69, 9.17) is 5.11 Å². The molecular formula is C16H25NO3. The minimum Gasteiger partial charge on any atom is -0.507 e. The van der Waals surface area contributed by atoms with E-state index in [1.807, 2.05) is 19.1 Å². The number of rotatable bonds is 5. The predicted molar refractivity (Wildman–Crippen MR) is 80.0 cm³/mol. The van der Waals surface area contributed by atoms with E-state index in [1.165, 1.54) is 0 Å². The van der Waals surface area contributed by atoms with Crippen molar-refractivity contribution in [2.45, 2.75) is 46.0 Å². The summed E-state index contributed by atoms with van der Waals surface area (Å²) in [5, 5.41) is 21.6. The zero-order chi connectivity index (χ0) is 15.3. The summed E-state index contributed by atoms with van der Waals surface area (Å²) in [5.41, 5.74) is 2.65. The smallest absolute Gasteiger partial charge is 0.220 e. The van der Waals surface area contributed by atoms with Crippen LogP contribution in [0.2, 0.25) is 0 Å². The summed E-state index contributed by atoms with van der Waals surface area (Å²) in [4.78, 5) is 11.5. The van der Waals surface area contributed by atoms with Gasteiger partial charge in [0.15, 0.2) is 0 Å². The summed E-state index contributed by atoms with van der Waals surface area (Å²) in [6, 6.07) is 3.91. The largest absolute Gasteiger partial charge is 0.507 e. The first-order chi connectivity index (χ1) is 9.25. The fourth-order valence-corrected chi connectivity index (χ4v) is 2.15. The topological polar surface area (TPSA) is 69.6 Å². The molecule has 0 aliphatic heterocycles. The molecule has 0 bridgehead atoms. The van der Waals surface area contributed by atoms with Crippen molar-refractivity contribution in [3.63, 3.8) is 0 Å². The standard InChI is InChI=1S/C16H25NO3/c1-11-9-12(5-6-14(19)17-7-8-18)15(20)13(10-11)16(2,3)4/h9-10,18,20H,5-8H2,1-4H3,(H,17,19). The average Bonchev–Trinajstić information content (AvgIpc) is 2.35. The molecule has 0 saturated carbocycles. The number of phenolic OH excluding ortho intramolecular Hbond substituents is 1. The van der Waals surface area contributed by atoms with Crippen LogP contribution < -0.4 is 5.32 Å². The second-order valence-electron chi connectivity index (χ2n) is 6.14. The highest BCUT2D eigenvalue weighted by Gasteiger charge is 2.20. The van der Waals surface area contributed by atoms with Gasteiger partial charge in [0.2, 0.25) is 5.91 Å². The SMILES string of the molecule is Cc1cc(CCC(=O)NCCO)c(O)c(C(C)(C)C)c1. The van der Waals surface area contributed by atoms with Crippen molar-refractivity contribution in [1.82, 2.24) is 5.32 Å². The zero-order valence-electron chi connectivity index (χ0n) is 12.8. The maximum absolute atomic E-state index is 11.5. The number of aromatic hydroxyl groups is 1. The van der Waals surface area contributed by atoms with Gasteiger partial charge >= 0.3 is 0 Å². The second kappa shape index (κ2) is 6.75. The number of aliphatic hydroxyl groups is 1. The number of benzene rings is 1. The van der Waals surface area contributed by atoms with E-state index in [2.05, 4.69) is 26.1 Å². The second-order valence-corrected chi connectivity index (χ2v) is 6.14. The molecule has 1 aromatic rings. The fraction of sp³-hybridized carbons (Fsp3) is 0.562. The lowest BCUT2D eigenvalue weighted by Crippen LogP contribution is -2.26. The molecule has 0 fully saturated rings. The van der Waals surface area contributed by atoms with Crippen molar-refractivity contribution in [2.75, 3.05) is 13.2 Å². The Morgan fingerprint density at radius 3 is 2.50 bits per heavy atom. The normalized spacial score (nSPS) is 11.4. The number of hydrogen-bond donors (Lipinski definition) is 3. The van der Waals surface area contributed by atoms with Gasteiger partial charge in [0.1, 0.15) is 5.75 Å². The van der Waals surface area contributed by atoms with Gasteiger partial charge in [-0.15, -0.1) is 0 Å². The van der Waals surface area contributed by atoms with Gasteiger partial charge in [-0.25, -0.2) is 0 Å². The number of aliphatic hydroxyl groups excluding tert-OH is 1. The number of carbonyl (C=O) groups is 1. The van der Waals surface area contributed by atoms with Gasteiger partial charge in [0.25, 0.3) is 0 Å². The number of nitrogens with one attached hydrogen (secondary N) is 1. The molecule has 3 N–H and O–H groups in total. The number of aryl methyl sites for hydroxylation is 2. The number of hydrogen-bond acceptors (Lipinski definition) is 3. The molecule has 0 spiro atoms. The van der Waals surface area contributed by atoms with Crippen molar-refractivity contribution in [2.24, 2.45) is 0 Å². The van der Waals surface area contributed by atoms with Crippen LogP contribution in [-0.4, -0.2) is 29.3 Å². The van der Waals surface area contributed by atoms with Gasteiger partial charge in [0, 0.05) is 13.0 Å². The Hall–Kier alpha value is -1.55. The highest BCUT2D eigenvalue weighted by Crippen LogP contribution is 2.34. The third-order valence-electron chi connectivity index (χ3n) is 3.20. The van der Waals surface area contributed by atoms with E-state index in [-0.39, 0.29) is 30.2 Å². The molecule has 4 nitrogen and oxygen atoms in total. The van der Waals surface area contributed by atoms with Crippen molar-refractivity contribution in [3.8, 4) is 5.75 Å². The van der Waals surface area contributed by atoms with Crippen LogP contribution in [-0.2, 0) is 16.6 Å². The first-order valence-electron chi connectivity index (χ1n) is 6.96. The van der Waals surface area contributed by atoms with Gasteiger partial charge < -0.3 is 15.5 Å². The summed E-state index contributed by atoms with van der Waals surface area (Å²) in [7, 11) is 0. The van der Waals surface area contributed by atoms with Crippen molar-refractivity contribution in [1.29, 1.82) is 0 Å². The van der Waals surface area contributed by atoms with E-state index < -0.39 is 0 Å². The highest BCUT2D eigenvalue weighted by molar-refractivity contribution is 5.76. The first kappa shape index (κ1) is 16.5. The Bertz CT molecular complexity index is 475. The predicted octanol–water partition coefficient (Wildman–Crippen LogP) is 2.04. The minimum atomic E-state index is -0.135. The van der Waals surface area contributed by atoms with E-state index in [9.17, 15) is 9.90 Å². The lowest BCUT2D eigenvalue weighted by molar-refractivity contribution is -0.121. The third kappa shape index (κ3) is 4.53. The molecule has 1 rings (SSSR count). The van der Waals surface area contributed by atoms with E-state index in [1.54, 1.807) is 0 Å². The van der Waals surface area contributed by atoms with E-state index >= 15 is 0 Å². The molecule has 0 radical (unpaired) electrons. The molecule has 0 saturated heterocycles. The highest BCUT2D eigenvalue weighted by atomic mass is 16.3. The maximum Gasteiger partial charge on any atom is 0.220 e. The van der Waals surface area contributed by atoms with Gasteiger partial charge in [-0.2, -0.15) is 0 Å². The first-order valence-corrected chi connectivity index (χ1v) is 6.96. The molecule has 4 heteroatoms. The molecule has 1 aromatic carbocycles. The van der Waals surface area contributed by atoms with Crippen LogP contribution in [0.15, 0.2) is 12.1 Å². The summed E-state index contributed by atoms with van der Waals surface area (Å²) < 4.78 is 0. The molecular weight excluding hydrogens is 254 g/mol. The molecule has 0 aliphatic carbocycles. The zero-order valence-corrected chi connectivity index (χ0v) is 12.8. The molecule has 20 heavy (non-hydrogen) atoms. The third-order valence-corrected chi connectivity index (χ3v) is 3.20. The van der Waals surface area contributed by atoms with Crippen molar-refractivity contribution in [3.05, 3.63) is 28.8 Å². The van der Waals surface area contributed by atoms with Crippen LogP contribution in [0.3, 0.4) is 0 Å². The Balaban J connectivity index is 2.86. The van der Waals surface area contributed by atoms with Crippen molar-refractivity contribution >= 4 is 5.91 Å². The number of carbonyl (C=O) groups excluding carboxylic acids is 1. The molecule has 1 amide bonds. The van der Waals surface area contributed by atoms with Crippen LogP contribution in [0.1, 0.15) is 43.9 Å². The van der Waals surface area contributed by atoms with Crippen molar-refractivity contribution < 1.29 is 15.0 Å². The van der Waals surface area contributed by atoms with Crippen LogP contribution in [0, 0.1) is 6.92 Å². The molecule has 0 aliphatic rings. The molecule has 0 atom stereocenters. The van der Waals surface area contributed by atoms with Gasteiger partial charge in [-0.3, -0.25) is 4.79 Å². The summed E-state index contributed by atoms with van der Waals surface area (Å²) in [6.45, 7) is 8.36. The minimum absolute atomic E-state index is 0.0599. The summed E-state index contributed by atoms with van der Waals surface area (Å²) in [6.07, 6.45) is 0.800. The number of amides is 1. The lowest BCUT2D eigenvalue weighted by Gasteiger charge is -2.23. The van der Waals surface area contributed by atoms with Crippen LogP contribution in [0.25, 0.3) is 0 Å². The molecule has 0 unspecified atom stereocenters. The van der Waals surface area contributed by atoms with Gasteiger partial charge in [-0.1, -0.05) is 38.5 Å². The van der Waals surface area contributed by atoms with E-state index in [0.717, 1.165) is 16.7 Å². The molecule has 112 valence electrons. The van der Waals surface area contributed by atoms with Gasteiger partial charge in [0.05, 0.1) is 6.61 Å². The van der Waals surface area contributed by atoms with Crippen LogP contribution in [0.4, 0.5) is 0 Å². The van der Waals surface area contributed by atoms with Crippen LogP contribution in [0.5, 0.6) is 5.75 Å². The Labute approximate surface area is 120 Å².